The molecule has 1 aliphatic rings. The van der Waals surface area contributed by atoms with Gasteiger partial charge in [0, 0.05) is 25.1 Å². The molecule has 0 bridgehead atoms. The zero-order valence-electron chi connectivity index (χ0n) is 12.0. The van der Waals surface area contributed by atoms with Crippen molar-refractivity contribution in [2.24, 2.45) is 5.92 Å². The lowest BCUT2D eigenvalue weighted by molar-refractivity contribution is -0.120. The van der Waals surface area contributed by atoms with Gasteiger partial charge in [-0.25, -0.2) is 9.97 Å². The highest BCUT2D eigenvalue weighted by Gasteiger charge is 2.22. The lowest BCUT2D eigenvalue weighted by Gasteiger charge is -2.22. The second kappa shape index (κ2) is 6.05. The number of piperidine rings is 1. The van der Waals surface area contributed by atoms with Crippen LogP contribution in [0.25, 0.3) is 5.82 Å². The lowest BCUT2D eigenvalue weighted by Crippen LogP contribution is -2.37. The Kier molecular flexibility index (Phi) is 3.96. The second-order valence-corrected chi connectivity index (χ2v) is 5.25. The Hall–Kier alpha value is -2.21. The summed E-state index contributed by atoms with van der Waals surface area (Å²) in [5.74, 6) is 1.61. The standard InChI is InChI=1S/C15H19N5O/c1-11-17-8-9-20(11)14-13(5-3-7-18-14)19-15(21)12-4-2-6-16-10-12/h3,5,7-9,12,16H,2,4,6,10H2,1H3,(H,19,21). The van der Waals surface area contributed by atoms with Gasteiger partial charge in [-0.15, -0.1) is 0 Å². The molecule has 0 aromatic carbocycles. The van der Waals surface area contributed by atoms with Crippen molar-refractivity contribution in [1.82, 2.24) is 19.9 Å². The Morgan fingerprint density at radius 2 is 2.33 bits per heavy atom. The first-order valence-corrected chi connectivity index (χ1v) is 7.22. The molecule has 0 spiro atoms. The summed E-state index contributed by atoms with van der Waals surface area (Å²) in [4.78, 5) is 20.9. The van der Waals surface area contributed by atoms with Gasteiger partial charge in [0.2, 0.25) is 5.91 Å². The van der Waals surface area contributed by atoms with Gasteiger partial charge >= 0.3 is 0 Å². The fraction of sp³-hybridized carbons (Fsp3) is 0.400. The molecule has 1 atom stereocenters. The molecule has 1 saturated heterocycles. The Morgan fingerprint density at radius 3 is 3.05 bits per heavy atom. The fourth-order valence-electron chi connectivity index (χ4n) is 2.60. The van der Waals surface area contributed by atoms with Crippen LogP contribution < -0.4 is 10.6 Å². The molecule has 0 radical (unpaired) electrons. The second-order valence-electron chi connectivity index (χ2n) is 5.25. The first-order chi connectivity index (χ1) is 10.3. The minimum Gasteiger partial charge on any atom is -0.323 e. The molecule has 1 fully saturated rings. The van der Waals surface area contributed by atoms with E-state index in [1.54, 1.807) is 12.4 Å². The molecule has 1 aliphatic heterocycles. The van der Waals surface area contributed by atoms with Gasteiger partial charge in [-0.3, -0.25) is 9.36 Å². The Morgan fingerprint density at radius 1 is 1.43 bits per heavy atom. The number of carbonyl (C=O) groups is 1. The predicted molar refractivity (Wildman–Crippen MR) is 80.3 cm³/mol. The third kappa shape index (κ3) is 2.95. The summed E-state index contributed by atoms with van der Waals surface area (Å²) in [6.07, 6.45) is 7.25. The van der Waals surface area contributed by atoms with E-state index < -0.39 is 0 Å². The van der Waals surface area contributed by atoms with Crippen LogP contribution in [0.15, 0.2) is 30.7 Å². The maximum absolute atomic E-state index is 12.4. The van der Waals surface area contributed by atoms with Gasteiger partial charge in [0.25, 0.3) is 0 Å². The van der Waals surface area contributed by atoms with E-state index in [-0.39, 0.29) is 11.8 Å². The predicted octanol–water partition coefficient (Wildman–Crippen LogP) is 1.51. The number of hydrogen-bond donors (Lipinski definition) is 2. The summed E-state index contributed by atoms with van der Waals surface area (Å²) in [5, 5.41) is 6.27. The van der Waals surface area contributed by atoms with Gasteiger partial charge in [-0.2, -0.15) is 0 Å². The van der Waals surface area contributed by atoms with Crippen LogP contribution in [0, 0.1) is 12.8 Å². The molecule has 6 heteroatoms. The molecule has 21 heavy (non-hydrogen) atoms. The first kappa shape index (κ1) is 13.8. The van der Waals surface area contributed by atoms with E-state index in [4.69, 9.17) is 0 Å². The number of nitrogens with zero attached hydrogens (tertiary/aromatic N) is 3. The van der Waals surface area contributed by atoms with Crippen molar-refractivity contribution < 1.29 is 4.79 Å². The number of imidazole rings is 1. The number of hydrogen-bond acceptors (Lipinski definition) is 4. The Balaban J connectivity index is 1.82. The minimum absolute atomic E-state index is 0.0238. The fourth-order valence-corrected chi connectivity index (χ4v) is 2.60. The number of aromatic nitrogens is 3. The number of aryl methyl sites for hydroxylation is 1. The van der Waals surface area contributed by atoms with Crippen molar-refractivity contribution in [3.63, 3.8) is 0 Å². The van der Waals surface area contributed by atoms with Gasteiger partial charge in [-0.05, 0) is 38.4 Å². The molecular formula is C15H19N5O. The molecule has 3 rings (SSSR count). The van der Waals surface area contributed by atoms with E-state index in [0.717, 1.165) is 31.8 Å². The van der Waals surface area contributed by atoms with E-state index in [1.165, 1.54) is 0 Å². The van der Waals surface area contributed by atoms with Crippen LogP contribution in [0.4, 0.5) is 5.69 Å². The summed E-state index contributed by atoms with van der Waals surface area (Å²) in [5.41, 5.74) is 0.717. The molecule has 110 valence electrons. The zero-order chi connectivity index (χ0) is 14.7. The molecule has 1 unspecified atom stereocenters. The molecule has 3 heterocycles. The van der Waals surface area contributed by atoms with E-state index in [2.05, 4.69) is 20.6 Å². The summed E-state index contributed by atoms with van der Waals surface area (Å²) in [6.45, 7) is 3.65. The van der Waals surface area contributed by atoms with Crippen LogP contribution >= 0.6 is 0 Å². The number of carbonyl (C=O) groups excluding carboxylic acids is 1. The van der Waals surface area contributed by atoms with Crippen LogP contribution in [0.3, 0.4) is 0 Å². The van der Waals surface area contributed by atoms with E-state index in [0.29, 0.717) is 11.5 Å². The van der Waals surface area contributed by atoms with Crippen molar-refractivity contribution >= 4 is 11.6 Å². The van der Waals surface area contributed by atoms with Gasteiger partial charge in [0.1, 0.15) is 5.82 Å². The van der Waals surface area contributed by atoms with Crippen molar-refractivity contribution in [3.05, 3.63) is 36.5 Å². The van der Waals surface area contributed by atoms with E-state index >= 15 is 0 Å². The molecule has 1 amide bonds. The molecule has 2 aromatic rings. The number of pyridine rings is 1. The molecule has 2 N–H and O–H groups in total. The third-order valence-electron chi connectivity index (χ3n) is 3.77. The first-order valence-electron chi connectivity index (χ1n) is 7.22. The molecule has 6 nitrogen and oxygen atoms in total. The highest BCUT2D eigenvalue weighted by Crippen LogP contribution is 2.20. The summed E-state index contributed by atoms with van der Waals surface area (Å²) in [7, 11) is 0. The minimum atomic E-state index is 0.0238. The highest BCUT2D eigenvalue weighted by atomic mass is 16.1. The van der Waals surface area contributed by atoms with Gasteiger partial charge in [0.05, 0.1) is 11.6 Å². The van der Waals surface area contributed by atoms with Crippen LogP contribution in [0.2, 0.25) is 0 Å². The van der Waals surface area contributed by atoms with Crippen LogP contribution in [0.1, 0.15) is 18.7 Å². The monoisotopic (exact) mass is 285 g/mol. The highest BCUT2D eigenvalue weighted by molar-refractivity contribution is 5.94. The maximum atomic E-state index is 12.4. The Bertz CT molecular complexity index is 630. The third-order valence-corrected chi connectivity index (χ3v) is 3.77. The SMILES string of the molecule is Cc1nccn1-c1ncccc1NC(=O)C1CCCNC1. The van der Waals surface area contributed by atoms with Crippen molar-refractivity contribution in [3.8, 4) is 5.82 Å². The zero-order valence-corrected chi connectivity index (χ0v) is 12.0. The van der Waals surface area contributed by atoms with Crippen molar-refractivity contribution in [2.45, 2.75) is 19.8 Å². The lowest BCUT2D eigenvalue weighted by atomic mass is 9.99. The number of amides is 1. The summed E-state index contributed by atoms with van der Waals surface area (Å²) < 4.78 is 1.87. The maximum Gasteiger partial charge on any atom is 0.228 e. The van der Waals surface area contributed by atoms with Gasteiger partial charge in [0.15, 0.2) is 5.82 Å². The van der Waals surface area contributed by atoms with Gasteiger partial charge in [-0.1, -0.05) is 0 Å². The smallest absolute Gasteiger partial charge is 0.228 e. The normalized spacial score (nSPS) is 18.4. The van der Waals surface area contributed by atoms with E-state index in [9.17, 15) is 4.79 Å². The quantitative estimate of drug-likeness (QED) is 0.897. The average molecular weight is 285 g/mol. The number of anilines is 1. The topological polar surface area (TPSA) is 71.8 Å². The number of rotatable bonds is 3. The van der Waals surface area contributed by atoms with Crippen LogP contribution in [-0.4, -0.2) is 33.5 Å². The average Bonchev–Trinajstić information content (AvgIpc) is 2.95. The Labute approximate surface area is 123 Å². The largest absolute Gasteiger partial charge is 0.323 e. The summed E-state index contributed by atoms with van der Waals surface area (Å²) in [6, 6.07) is 3.69. The van der Waals surface area contributed by atoms with Crippen LogP contribution in [0.5, 0.6) is 0 Å². The van der Waals surface area contributed by atoms with Crippen molar-refractivity contribution in [1.29, 1.82) is 0 Å². The molecule has 0 saturated carbocycles. The molecule has 0 aliphatic carbocycles. The van der Waals surface area contributed by atoms with Crippen molar-refractivity contribution in [2.75, 3.05) is 18.4 Å². The van der Waals surface area contributed by atoms with Gasteiger partial charge < -0.3 is 10.6 Å². The molecule has 2 aromatic heterocycles. The van der Waals surface area contributed by atoms with E-state index in [1.807, 2.05) is 29.8 Å². The van der Waals surface area contributed by atoms with Crippen LogP contribution in [-0.2, 0) is 4.79 Å². The number of nitrogens with one attached hydrogen (secondary N) is 2. The summed E-state index contributed by atoms with van der Waals surface area (Å²) >= 11 is 0. The molecular weight excluding hydrogens is 266 g/mol.